The van der Waals surface area contributed by atoms with Gasteiger partial charge >= 0.3 is 0 Å². The highest BCUT2D eigenvalue weighted by Crippen LogP contribution is 2.21. The number of hydrogen-bond acceptors (Lipinski definition) is 2. The summed E-state index contributed by atoms with van der Waals surface area (Å²) in [5.74, 6) is 0.706. The van der Waals surface area contributed by atoms with Crippen LogP contribution in [0.25, 0.3) is 11.1 Å². The van der Waals surface area contributed by atoms with E-state index in [4.69, 9.17) is 5.73 Å². The van der Waals surface area contributed by atoms with Crippen molar-refractivity contribution in [1.29, 1.82) is 0 Å². The molecule has 110 valence electrons. The normalized spacial score (nSPS) is 23.1. The molecule has 0 spiro atoms. The van der Waals surface area contributed by atoms with E-state index in [9.17, 15) is 0 Å². The van der Waals surface area contributed by atoms with Crippen LogP contribution in [0.15, 0.2) is 54.6 Å². The summed E-state index contributed by atoms with van der Waals surface area (Å²) in [7, 11) is 0. The predicted octanol–water partition coefficient (Wildman–Crippen LogP) is 3.52. The fraction of sp³-hybridized carbons (Fsp3) is 0.368. The summed E-state index contributed by atoms with van der Waals surface area (Å²) in [6.07, 6.45) is 1.16. The summed E-state index contributed by atoms with van der Waals surface area (Å²) in [4.78, 5) is 2.48. The second kappa shape index (κ2) is 6.42. The molecule has 0 amide bonds. The third-order valence-electron chi connectivity index (χ3n) is 4.23. The highest BCUT2D eigenvalue weighted by atomic mass is 15.1. The van der Waals surface area contributed by atoms with E-state index < -0.39 is 0 Å². The number of rotatable bonds is 3. The van der Waals surface area contributed by atoms with Crippen molar-refractivity contribution in [2.75, 3.05) is 13.1 Å². The predicted molar refractivity (Wildman–Crippen MR) is 88.9 cm³/mol. The summed E-state index contributed by atoms with van der Waals surface area (Å²) in [6, 6.07) is 19.8. The highest BCUT2D eigenvalue weighted by molar-refractivity contribution is 5.63. The molecule has 0 saturated carbocycles. The Kier molecular flexibility index (Phi) is 4.37. The minimum atomic E-state index is 0.331. The number of piperidine rings is 1. The molecule has 2 aromatic carbocycles. The molecule has 0 aliphatic carbocycles. The molecule has 2 N–H and O–H groups in total. The molecular formula is C19H24N2. The zero-order valence-electron chi connectivity index (χ0n) is 12.7. The Labute approximate surface area is 127 Å². The van der Waals surface area contributed by atoms with Gasteiger partial charge in [-0.15, -0.1) is 0 Å². The van der Waals surface area contributed by atoms with Crippen molar-refractivity contribution < 1.29 is 0 Å². The fourth-order valence-electron chi connectivity index (χ4n) is 3.33. The van der Waals surface area contributed by atoms with E-state index in [0.717, 1.165) is 26.1 Å². The molecule has 1 heterocycles. The molecule has 21 heavy (non-hydrogen) atoms. The first kappa shape index (κ1) is 14.3. The van der Waals surface area contributed by atoms with Crippen LogP contribution in [-0.4, -0.2) is 24.0 Å². The van der Waals surface area contributed by atoms with E-state index in [1.807, 2.05) is 0 Å². The van der Waals surface area contributed by atoms with Gasteiger partial charge in [-0.3, -0.25) is 4.90 Å². The van der Waals surface area contributed by atoms with Crippen LogP contribution in [0.2, 0.25) is 0 Å². The van der Waals surface area contributed by atoms with Crippen LogP contribution in [0.5, 0.6) is 0 Å². The Hall–Kier alpha value is -1.64. The maximum Gasteiger partial charge on any atom is 0.0234 e. The number of likely N-dealkylation sites (tertiary alicyclic amines) is 1. The van der Waals surface area contributed by atoms with Crippen molar-refractivity contribution in [2.24, 2.45) is 11.7 Å². The van der Waals surface area contributed by atoms with Crippen molar-refractivity contribution in [2.45, 2.75) is 25.9 Å². The van der Waals surface area contributed by atoms with E-state index >= 15 is 0 Å². The lowest BCUT2D eigenvalue weighted by molar-refractivity contribution is 0.158. The lowest BCUT2D eigenvalue weighted by Crippen LogP contribution is -2.45. The first-order valence-electron chi connectivity index (χ1n) is 7.83. The zero-order valence-corrected chi connectivity index (χ0v) is 12.7. The molecule has 2 nitrogen and oxygen atoms in total. The van der Waals surface area contributed by atoms with Crippen LogP contribution in [0.3, 0.4) is 0 Å². The third kappa shape index (κ3) is 3.72. The molecule has 1 aliphatic rings. The fourth-order valence-corrected chi connectivity index (χ4v) is 3.33. The van der Waals surface area contributed by atoms with Gasteiger partial charge in [0.1, 0.15) is 0 Å². The van der Waals surface area contributed by atoms with Crippen molar-refractivity contribution in [3.8, 4) is 11.1 Å². The lowest BCUT2D eigenvalue weighted by atomic mass is 9.96. The summed E-state index contributed by atoms with van der Waals surface area (Å²) < 4.78 is 0. The maximum atomic E-state index is 6.13. The SMILES string of the molecule is CC1CC(N)CN(Cc2ccc(-c3ccccc3)cc2)C1. The van der Waals surface area contributed by atoms with Gasteiger partial charge in [-0.05, 0) is 29.0 Å². The molecule has 2 unspecified atom stereocenters. The summed E-state index contributed by atoms with van der Waals surface area (Å²) in [6.45, 7) is 5.48. The molecule has 1 aliphatic heterocycles. The van der Waals surface area contributed by atoms with E-state index in [1.165, 1.54) is 16.7 Å². The topological polar surface area (TPSA) is 29.3 Å². The van der Waals surface area contributed by atoms with E-state index in [0.29, 0.717) is 12.0 Å². The molecule has 0 bridgehead atoms. The third-order valence-corrected chi connectivity index (χ3v) is 4.23. The Morgan fingerprint density at radius 1 is 0.952 bits per heavy atom. The van der Waals surface area contributed by atoms with Gasteiger partial charge in [0.15, 0.2) is 0 Å². The van der Waals surface area contributed by atoms with Gasteiger partial charge in [0.25, 0.3) is 0 Å². The van der Waals surface area contributed by atoms with Gasteiger partial charge in [0, 0.05) is 25.7 Å². The average molecular weight is 280 g/mol. The number of hydrogen-bond donors (Lipinski definition) is 1. The Bertz CT molecular complexity index is 552. The van der Waals surface area contributed by atoms with Crippen molar-refractivity contribution in [3.05, 3.63) is 60.2 Å². The smallest absolute Gasteiger partial charge is 0.0234 e. The Morgan fingerprint density at radius 3 is 2.29 bits per heavy atom. The summed E-state index contributed by atoms with van der Waals surface area (Å²) in [5, 5.41) is 0. The van der Waals surface area contributed by atoms with Crippen molar-refractivity contribution in [3.63, 3.8) is 0 Å². The molecule has 2 atom stereocenters. The average Bonchev–Trinajstić information content (AvgIpc) is 2.48. The quantitative estimate of drug-likeness (QED) is 0.932. The van der Waals surface area contributed by atoms with Gasteiger partial charge < -0.3 is 5.73 Å². The van der Waals surface area contributed by atoms with Gasteiger partial charge in [-0.1, -0.05) is 61.5 Å². The maximum absolute atomic E-state index is 6.13. The lowest BCUT2D eigenvalue weighted by Gasteiger charge is -2.34. The molecule has 1 saturated heterocycles. The first-order valence-corrected chi connectivity index (χ1v) is 7.83. The van der Waals surface area contributed by atoms with Crippen LogP contribution in [0.4, 0.5) is 0 Å². The second-order valence-electron chi connectivity index (χ2n) is 6.36. The molecule has 2 heteroatoms. The number of nitrogens with zero attached hydrogens (tertiary/aromatic N) is 1. The minimum Gasteiger partial charge on any atom is -0.327 e. The number of nitrogens with two attached hydrogens (primary N) is 1. The summed E-state index contributed by atoms with van der Waals surface area (Å²) in [5.41, 5.74) is 10.1. The second-order valence-corrected chi connectivity index (χ2v) is 6.36. The molecule has 3 rings (SSSR count). The van der Waals surface area contributed by atoms with Crippen molar-refractivity contribution in [1.82, 2.24) is 4.90 Å². The van der Waals surface area contributed by atoms with Crippen LogP contribution < -0.4 is 5.73 Å². The summed E-state index contributed by atoms with van der Waals surface area (Å²) >= 11 is 0. The standard InChI is InChI=1S/C19H24N2/c1-15-11-19(20)14-21(12-15)13-16-7-9-18(10-8-16)17-5-3-2-4-6-17/h2-10,15,19H,11-14,20H2,1H3. The largest absolute Gasteiger partial charge is 0.327 e. The molecular weight excluding hydrogens is 256 g/mol. The van der Waals surface area contributed by atoms with Gasteiger partial charge in [0.05, 0.1) is 0 Å². The van der Waals surface area contributed by atoms with Crippen LogP contribution in [-0.2, 0) is 6.54 Å². The van der Waals surface area contributed by atoms with E-state index in [2.05, 4.69) is 66.4 Å². The van der Waals surface area contributed by atoms with Gasteiger partial charge in [-0.25, -0.2) is 0 Å². The Balaban J connectivity index is 1.67. The molecule has 0 radical (unpaired) electrons. The highest BCUT2D eigenvalue weighted by Gasteiger charge is 2.21. The van der Waals surface area contributed by atoms with Gasteiger partial charge in [0.2, 0.25) is 0 Å². The van der Waals surface area contributed by atoms with Crippen LogP contribution in [0.1, 0.15) is 18.9 Å². The number of benzene rings is 2. The van der Waals surface area contributed by atoms with E-state index in [1.54, 1.807) is 0 Å². The van der Waals surface area contributed by atoms with Gasteiger partial charge in [-0.2, -0.15) is 0 Å². The first-order chi connectivity index (χ1) is 10.2. The van der Waals surface area contributed by atoms with Crippen LogP contribution >= 0.6 is 0 Å². The molecule has 1 fully saturated rings. The zero-order chi connectivity index (χ0) is 14.7. The van der Waals surface area contributed by atoms with Crippen LogP contribution in [0, 0.1) is 5.92 Å². The monoisotopic (exact) mass is 280 g/mol. The molecule has 2 aromatic rings. The Morgan fingerprint density at radius 2 is 1.62 bits per heavy atom. The molecule has 0 aromatic heterocycles. The minimum absolute atomic E-state index is 0.331. The van der Waals surface area contributed by atoms with Crippen molar-refractivity contribution >= 4 is 0 Å². The van der Waals surface area contributed by atoms with E-state index in [-0.39, 0.29) is 0 Å².